The largest absolute Gasteiger partial charge is 0.456 e. The van der Waals surface area contributed by atoms with Crippen molar-refractivity contribution in [2.75, 3.05) is 18.4 Å². The van der Waals surface area contributed by atoms with Gasteiger partial charge >= 0.3 is 0 Å². The Morgan fingerprint density at radius 2 is 2.06 bits per heavy atom. The van der Waals surface area contributed by atoms with Crippen molar-refractivity contribution in [3.05, 3.63) is 42.1 Å². The van der Waals surface area contributed by atoms with Crippen LogP contribution in [0.1, 0.15) is 16.3 Å². The molecule has 6 heteroatoms. The Morgan fingerprint density at radius 1 is 1.28 bits per heavy atom. The first-order chi connectivity index (χ1) is 8.75. The van der Waals surface area contributed by atoms with Gasteiger partial charge in [0.1, 0.15) is 5.76 Å². The van der Waals surface area contributed by atoms with E-state index in [1.165, 1.54) is 0 Å². The first-order valence-electron chi connectivity index (χ1n) is 5.61. The third-order valence-electron chi connectivity index (χ3n) is 2.22. The Morgan fingerprint density at radius 3 is 2.72 bits per heavy atom. The number of amides is 1. The van der Waals surface area contributed by atoms with Crippen LogP contribution in [0.4, 0.5) is 5.95 Å². The van der Waals surface area contributed by atoms with E-state index in [2.05, 4.69) is 20.6 Å². The van der Waals surface area contributed by atoms with Gasteiger partial charge in [-0.15, -0.1) is 0 Å². The molecule has 0 radical (unpaired) electrons. The smallest absolute Gasteiger partial charge is 0.287 e. The maximum atomic E-state index is 11.6. The summed E-state index contributed by atoms with van der Waals surface area (Å²) in [4.78, 5) is 19.6. The summed E-state index contributed by atoms with van der Waals surface area (Å²) in [6.07, 6.45) is 3.30. The molecule has 1 amide bonds. The average molecular weight is 246 g/mol. The summed E-state index contributed by atoms with van der Waals surface area (Å²) in [7, 11) is 0. The minimum Gasteiger partial charge on any atom is -0.456 e. The number of furan rings is 1. The normalized spacial score (nSPS) is 10.1. The molecule has 0 fully saturated rings. The lowest BCUT2D eigenvalue weighted by Gasteiger charge is -2.05. The Kier molecular flexibility index (Phi) is 3.90. The molecule has 0 atom stereocenters. The molecular weight excluding hydrogens is 232 g/mol. The predicted octanol–water partition coefficient (Wildman–Crippen LogP) is 1.22. The van der Waals surface area contributed by atoms with Gasteiger partial charge in [-0.05, 0) is 25.1 Å². The van der Waals surface area contributed by atoms with Crippen LogP contribution in [0.25, 0.3) is 0 Å². The first kappa shape index (κ1) is 12.1. The highest BCUT2D eigenvalue weighted by Crippen LogP contribution is 2.05. The van der Waals surface area contributed by atoms with Gasteiger partial charge in [-0.1, -0.05) is 0 Å². The third-order valence-corrected chi connectivity index (χ3v) is 2.22. The molecule has 0 aliphatic carbocycles. The van der Waals surface area contributed by atoms with Crippen LogP contribution in [-0.2, 0) is 0 Å². The summed E-state index contributed by atoms with van der Waals surface area (Å²) in [5.41, 5.74) is 0. The highest BCUT2D eigenvalue weighted by molar-refractivity contribution is 5.91. The van der Waals surface area contributed by atoms with Crippen LogP contribution in [0, 0.1) is 6.92 Å². The summed E-state index contributed by atoms with van der Waals surface area (Å²) in [6, 6.07) is 5.15. The molecule has 6 nitrogen and oxygen atoms in total. The lowest BCUT2D eigenvalue weighted by molar-refractivity contribution is 0.0926. The topological polar surface area (TPSA) is 80.0 Å². The maximum absolute atomic E-state index is 11.6. The number of hydrogen-bond acceptors (Lipinski definition) is 5. The lowest BCUT2D eigenvalue weighted by Crippen LogP contribution is -2.28. The molecule has 0 saturated carbocycles. The standard InChI is InChI=1S/C12H14N4O2/c1-9-3-4-10(18-9)11(17)13-7-8-16-12-14-5-2-6-15-12/h2-6H,7-8H2,1H3,(H,13,17)(H,14,15,16). The van der Waals surface area contributed by atoms with Gasteiger partial charge in [0.25, 0.3) is 5.91 Å². The first-order valence-corrected chi connectivity index (χ1v) is 5.61. The second-order valence-corrected chi connectivity index (χ2v) is 3.67. The van der Waals surface area contributed by atoms with E-state index in [0.29, 0.717) is 24.8 Å². The lowest BCUT2D eigenvalue weighted by atomic mass is 10.4. The second-order valence-electron chi connectivity index (χ2n) is 3.67. The number of carbonyl (C=O) groups excluding carboxylic acids is 1. The highest BCUT2D eigenvalue weighted by Gasteiger charge is 2.08. The molecule has 0 aliphatic rings. The van der Waals surface area contributed by atoms with Gasteiger partial charge in [-0.25, -0.2) is 9.97 Å². The number of carbonyl (C=O) groups is 1. The Hall–Kier alpha value is -2.37. The van der Waals surface area contributed by atoms with Crippen molar-refractivity contribution in [3.8, 4) is 0 Å². The fourth-order valence-corrected chi connectivity index (χ4v) is 1.38. The van der Waals surface area contributed by atoms with E-state index in [0.717, 1.165) is 5.76 Å². The molecule has 0 unspecified atom stereocenters. The maximum Gasteiger partial charge on any atom is 0.287 e. The van der Waals surface area contributed by atoms with Crippen LogP contribution >= 0.6 is 0 Å². The predicted molar refractivity (Wildman–Crippen MR) is 66.3 cm³/mol. The molecule has 2 aromatic heterocycles. The second kappa shape index (κ2) is 5.81. The van der Waals surface area contributed by atoms with E-state index in [9.17, 15) is 4.79 Å². The third kappa shape index (κ3) is 3.31. The molecule has 2 aromatic rings. The van der Waals surface area contributed by atoms with Crippen LogP contribution in [0.15, 0.2) is 35.0 Å². The Balaban J connectivity index is 1.71. The molecule has 94 valence electrons. The quantitative estimate of drug-likeness (QED) is 0.775. The number of rotatable bonds is 5. The number of anilines is 1. The Bertz CT molecular complexity index is 510. The van der Waals surface area contributed by atoms with Crippen LogP contribution in [0.5, 0.6) is 0 Å². The van der Waals surface area contributed by atoms with E-state index in [1.54, 1.807) is 37.5 Å². The molecule has 0 aromatic carbocycles. The molecule has 0 saturated heterocycles. The number of nitrogens with one attached hydrogen (secondary N) is 2. The van der Waals surface area contributed by atoms with Gasteiger partial charge in [0.2, 0.25) is 5.95 Å². The van der Waals surface area contributed by atoms with E-state index < -0.39 is 0 Å². The molecule has 2 N–H and O–H groups in total. The van der Waals surface area contributed by atoms with Gasteiger partial charge in [0.15, 0.2) is 5.76 Å². The van der Waals surface area contributed by atoms with Crippen LogP contribution < -0.4 is 10.6 Å². The fraction of sp³-hybridized carbons (Fsp3) is 0.250. The molecule has 0 bridgehead atoms. The zero-order valence-electron chi connectivity index (χ0n) is 10.0. The minimum absolute atomic E-state index is 0.223. The van der Waals surface area contributed by atoms with Crippen LogP contribution in [0.2, 0.25) is 0 Å². The zero-order valence-corrected chi connectivity index (χ0v) is 10.0. The summed E-state index contributed by atoms with van der Waals surface area (Å²) in [6.45, 7) is 2.82. The summed E-state index contributed by atoms with van der Waals surface area (Å²) in [5.74, 6) is 1.36. The van der Waals surface area contributed by atoms with Crippen molar-refractivity contribution in [1.29, 1.82) is 0 Å². The molecule has 0 aliphatic heterocycles. The monoisotopic (exact) mass is 246 g/mol. The van der Waals surface area contributed by atoms with E-state index in [4.69, 9.17) is 4.42 Å². The van der Waals surface area contributed by atoms with Crippen molar-refractivity contribution < 1.29 is 9.21 Å². The summed E-state index contributed by atoms with van der Waals surface area (Å²) >= 11 is 0. The number of aromatic nitrogens is 2. The Labute approximate surface area is 104 Å². The number of hydrogen-bond donors (Lipinski definition) is 2. The molecule has 2 heterocycles. The van der Waals surface area contributed by atoms with Gasteiger partial charge < -0.3 is 15.1 Å². The van der Waals surface area contributed by atoms with E-state index in [-0.39, 0.29) is 5.91 Å². The molecular formula is C12H14N4O2. The number of aryl methyl sites for hydroxylation is 1. The van der Waals surface area contributed by atoms with Crippen molar-refractivity contribution in [2.24, 2.45) is 0 Å². The van der Waals surface area contributed by atoms with Crippen LogP contribution in [0.3, 0.4) is 0 Å². The van der Waals surface area contributed by atoms with E-state index in [1.807, 2.05) is 0 Å². The molecule has 2 rings (SSSR count). The van der Waals surface area contributed by atoms with Crippen molar-refractivity contribution in [1.82, 2.24) is 15.3 Å². The van der Waals surface area contributed by atoms with Gasteiger partial charge in [0.05, 0.1) is 0 Å². The average Bonchev–Trinajstić information content (AvgIpc) is 2.82. The van der Waals surface area contributed by atoms with Gasteiger partial charge in [0, 0.05) is 25.5 Å². The highest BCUT2D eigenvalue weighted by atomic mass is 16.3. The molecule has 18 heavy (non-hydrogen) atoms. The SMILES string of the molecule is Cc1ccc(C(=O)NCCNc2ncccn2)o1. The van der Waals surface area contributed by atoms with Gasteiger partial charge in [-0.3, -0.25) is 4.79 Å². The van der Waals surface area contributed by atoms with E-state index >= 15 is 0 Å². The molecule has 0 spiro atoms. The van der Waals surface area contributed by atoms with Crippen molar-refractivity contribution in [2.45, 2.75) is 6.92 Å². The zero-order chi connectivity index (χ0) is 12.8. The van der Waals surface area contributed by atoms with Crippen molar-refractivity contribution >= 4 is 11.9 Å². The van der Waals surface area contributed by atoms with Crippen molar-refractivity contribution in [3.63, 3.8) is 0 Å². The van der Waals surface area contributed by atoms with Gasteiger partial charge in [-0.2, -0.15) is 0 Å². The summed E-state index contributed by atoms with van der Waals surface area (Å²) < 4.78 is 5.20. The minimum atomic E-state index is -0.223. The van der Waals surface area contributed by atoms with Crippen LogP contribution in [-0.4, -0.2) is 29.0 Å². The fourth-order valence-electron chi connectivity index (χ4n) is 1.38. The summed E-state index contributed by atoms with van der Waals surface area (Å²) in [5, 5.41) is 5.72. The number of nitrogens with zero attached hydrogens (tertiary/aromatic N) is 2.